The minimum absolute atomic E-state index is 0.194. The van der Waals surface area contributed by atoms with Crippen LogP contribution in [0, 0.1) is 0 Å². The van der Waals surface area contributed by atoms with Crippen LogP contribution in [0.25, 0.3) is 0 Å². The van der Waals surface area contributed by atoms with Crippen LogP contribution in [0.1, 0.15) is 0 Å². The first kappa shape index (κ1) is 10.9. The predicted octanol–water partition coefficient (Wildman–Crippen LogP) is -0.889. The van der Waals surface area contributed by atoms with Gasteiger partial charge in [0.25, 0.3) is 0 Å². The van der Waals surface area contributed by atoms with Crippen molar-refractivity contribution in [1.29, 1.82) is 0 Å². The second-order valence-corrected chi connectivity index (χ2v) is 1.54. The SMILES string of the molecule is O=P(O)(O)O.[F][Na]. The first-order valence-corrected chi connectivity index (χ1v) is 3.48. The molecular weight excluding hydrogens is 137 g/mol. The molecule has 0 aromatic carbocycles. The van der Waals surface area contributed by atoms with Gasteiger partial charge in [-0.05, 0) is 0 Å². The maximum atomic E-state index is 9.64. The second kappa shape index (κ2) is 5.18. The molecule has 7 heteroatoms. The van der Waals surface area contributed by atoms with Gasteiger partial charge in [0.05, 0.1) is 0 Å². The molecule has 0 aliphatic carbocycles. The fourth-order valence-electron chi connectivity index (χ4n) is 0. The van der Waals surface area contributed by atoms with Gasteiger partial charge in [0, 0.05) is 0 Å². The first-order valence-electron chi connectivity index (χ1n) is 1.16. The Morgan fingerprint density at radius 3 is 1.29 bits per heavy atom. The molecule has 4 nitrogen and oxygen atoms in total. The molecule has 0 heterocycles. The number of halogens is 1. The van der Waals surface area contributed by atoms with Crippen molar-refractivity contribution in [2.75, 3.05) is 0 Å². The molecule has 0 atom stereocenters. The third-order valence-electron chi connectivity index (χ3n) is 0. The van der Waals surface area contributed by atoms with Crippen LogP contribution in [-0.4, -0.2) is 43.3 Å². The number of hydrogen-bond donors (Lipinski definition) is 3. The van der Waals surface area contributed by atoms with E-state index in [0.717, 1.165) is 0 Å². The summed E-state index contributed by atoms with van der Waals surface area (Å²) >= 11 is -0.194. The van der Waals surface area contributed by atoms with E-state index >= 15 is 0 Å². The molecule has 0 rings (SSSR count). The summed E-state index contributed by atoms with van der Waals surface area (Å²) in [4.78, 5) is 21.6. The molecule has 0 radical (unpaired) electrons. The van der Waals surface area contributed by atoms with Gasteiger partial charge in [-0.25, -0.2) is 4.57 Å². The molecule has 0 aromatic heterocycles. The topological polar surface area (TPSA) is 77.8 Å². The summed E-state index contributed by atoms with van der Waals surface area (Å²) in [6.07, 6.45) is 0. The van der Waals surface area contributed by atoms with E-state index in [0.29, 0.717) is 0 Å². The monoisotopic (exact) mass is 140 g/mol. The van der Waals surface area contributed by atoms with Crippen LogP contribution in [0.3, 0.4) is 0 Å². The van der Waals surface area contributed by atoms with Crippen molar-refractivity contribution in [3.8, 4) is 0 Å². The molecule has 0 bridgehead atoms. The van der Waals surface area contributed by atoms with Gasteiger partial charge < -0.3 is 14.7 Å². The van der Waals surface area contributed by atoms with Crippen LogP contribution in [0.4, 0.5) is 2.27 Å². The Hall–Kier alpha value is 1.04. The van der Waals surface area contributed by atoms with Gasteiger partial charge in [-0.2, -0.15) is 0 Å². The van der Waals surface area contributed by atoms with E-state index in [2.05, 4.69) is 0 Å². The molecule has 0 saturated heterocycles. The van der Waals surface area contributed by atoms with Gasteiger partial charge in [-0.1, -0.05) is 0 Å². The van der Waals surface area contributed by atoms with E-state index in [1.807, 2.05) is 0 Å². The van der Waals surface area contributed by atoms with Crippen LogP contribution in [0.5, 0.6) is 0 Å². The van der Waals surface area contributed by atoms with E-state index < -0.39 is 7.82 Å². The fraction of sp³-hybridized carbons (Fsp3) is 0. The van der Waals surface area contributed by atoms with Gasteiger partial charge in [0.2, 0.25) is 0 Å². The summed E-state index contributed by atoms with van der Waals surface area (Å²) in [7, 11) is -4.64. The Labute approximate surface area is 58.0 Å². The van der Waals surface area contributed by atoms with E-state index in [-0.39, 0.29) is 28.6 Å². The van der Waals surface area contributed by atoms with Crippen molar-refractivity contribution in [3.63, 3.8) is 0 Å². The minimum atomic E-state index is -4.64. The molecule has 40 valence electrons. The average molecular weight is 140 g/mol. The number of rotatable bonds is 0. The maximum absolute atomic E-state index is 9.64. The summed E-state index contributed by atoms with van der Waals surface area (Å²) in [5.74, 6) is 0. The van der Waals surface area contributed by atoms with Crippen molar-refractivity contribution in [2.45, 2.75) is 0 Å². The Balaban J connectivity index is 0. The Bertz CT molecular complexity index is 57.8. The van der Waals surface area contributed by atoms with Crippen LogP contribution in [0.15, 0.2) is 0 Å². The van der Waals surface area contributed by atoms with Gasteiger partial charge in [0.1, 0.15) is 0 Å². The average Bonchev–Trinajstić information content (AvgIpc) is 1.36. The van der Waals surface area contributed by atoms with Crippen LogP contribution in [-0.2, 0) is 4.57 Å². The third kappa shape index (κ3) is 165. The quantitative estimate of drug-likeness (QED) is 0.301. The van der Waals surface area contributed by atoms with Gasteiger partial charge in [0.15, 0.2) is 0 Å². The van der Waals surface area contributed by atoms with Crippen LogP contribution in [0.2, 0.25) is 0 Å². The van der Waals surface area contributed by atoms with E-state index in [4.69, 9.17) is 19.2 Å². The molecule has 7 heavy (non-hydrogen) atoms. The standard InChI is InChI=1S/FH.Na.H3O4P/c;;1-5(2,3)4/h1H;;(H3,1,2,3,4)/q;+1;/p-1. The van der Waals surface area contributed by atoms with Gasteiger partial charge in [-0.3, -0.25) is 0 Å². The van der Waals surface area contributed by atoms with Gasteiger partial charge in [-0.15, -0.1) is 0 Å². The fourth-order valence-corrected chi connectivity index (χ4v) is 0. The normalized spacial score (nSPS) is 9.43. The molecule has 0 unspecified atom stereocenters. The number of phosphoric acid groups is 1. The second-order valence-electron chi connectivity index (χ2n) is 0.513. The van der Waals surface area contributed by atoms with Crippen LogP contribution >= 0.6 is 7.82 Å². The molecule has 0 amide bonds. The zero-order valence-electron chi connectivity index (χ0n) is 3.58. The molecular formula is H3FNaO4P. The van der Waals surface area contributed by atoms with Crippen molar-refractivity contribution < 1.29 is 21.5 Å². The molecule has 0 aliphatic rings. The van der Waals surface area contributed by atoms with Crippen molar-refractivity contribution in [2.24, 2.45) is 0 Å². The predicted molar refractivity (Wildman–Crippen MR) is 21.1 cm³/mol. The molecule has 0 saturated carbocycles. The third-order valence-corrected chi connectivity index (χ3v) is 0. The van der Waals surface area contributed by atoms with Gasteiger partial charge >= 0.3 is 38.7 Å². The van der Waals surface area contributed by atoms with Crippen molar-refractivity contribution in [3.05, 3.63) is 0 Å². The summed E-state index contributed by atoms with van der Waals surface area (Å²) < 4.78 is 18.5. The van der Waals surface area contributed by atoms with E-state index in [1.165, 1.54) is 0 Å². The molecule has 3 N–H and O–H groups in total. The summed E-state index contributed by atoms with van der Waals surface area (Å²) in [6, 6.07) is 0. The summed E-state index contributed by atoms with van der Waals surface area (Å²) in [5.41, 5.74) is 0. The summed E-state index contributed by atoms with van der Waals surface area (Å²) in [6.45, 7) is 0. The van der Waals surface area contributed by atoms with Crippen LogP contribution < -0.4 is 0 Å². The van der Waals surface area contributed by atoms with E-state index in [9.17, 15) is 2.27 Å². The molecule has 0 aromatic rings. The Morgan fingerprint density at radius 1 is 1.29 bits per heavy atom. The molecule has 0 fully saturated rings. The first-order chi connectivity index (χ1) is 3.00. The zero-order valence-corrected chi connectivity index (χ0v) is 6.47. The van der Waals surface area contributed by atoms with E-state index in [1.54, 1.807) is 0 Å². The number of hydrogen-bond acceptors (Lipinski definition) is 1. The Morgan fingerprint density at radius 2 is 1.29 bits per heavy atom. The van der Waals surface area contributed by atoms with Crippen molar-refractivity contribution in [1.82, 2.24) is 0 Å². The van der Waals surface area contributed by atoms with Crippen molar-refractivity contribution >= 4 is 36.4 Å². The molecule has 0 spiro atoms. The molecule has 0 aliphatic heterocycles. The summed E-state index contributed by atoms with van der Waals surface area (Å²) in [5, 5.41) is 0. The Kier molecular flexibility index (Phi) is 8.09. The zero-order chi connectivity index (χ0) is 6.50.